The van der Waals surface area contributed by atoms with Crippen LogP contribution < -0.4 is 5.73 Å². The lowest BCUT2D eigenvalue weighted by atomic mass is 9.90. The predicted molar refractivity (Wildman–Crippen MR) is 81.3 cm³/mol. The maximum Gasteiger partial charge on any atom is 0.0451 e. The minimum atomic E-state index is 0.157. The molecule has 2 nitrogen and oxygen atoms in total. The molecule has 0 spiro atoms. The third-order valence-corrected chi connectivity index (χ3v) is 5.33. The largest absolute Gasteiger partial charge is 0.329 e. The van der Waals surface area contributed by atoms with Crippen molar-refractivity contribution >= 4 is 23.4 Å². The fraction of sp³-hybridized carbons (Fsp3) is 0.571. The number of likely N-dealkylation sites (N-methyl/N-ethyl adjacent to an activating group) is 1. The van der Waals surface area contributed by atoms with Gasteiger partial charge in [-0.1, -0.05) is 29.8 Å². The predicted octanol–water partition coefficient (Wildman–Crippen LogP) is 3.00. The van der Waals surface area contributed by atoms with Gasteiger partial charge in [-0.3, -0.25) is 4.90 Å². The lowest BCUT2D eigenvalue weighted by Crippen LogP contribution is -2.53. The first-order valence-corrected chi connectivity index (χ1v) is 7.94. The number of hydrogen-bond acceptors (Lipinski definition) is 3. The topological polar surface area (TPSA) is 29.3 Å². The zero-order valence-corrected chi connectivity index (χ0v) is 12.4. The Morgan fingerprint density at radius 3 is 2.61 bits per heavy atom. The van der Waals surface area contributed by atoms with Gasteiger partial charge in [-0.05, 0) is 43.0 Å². The normalized spacial score (nSPS) is 19.1. The van der Waals surface area contributed by atoms with E-state index in [2.05, 4.69) is 18.0 Å². The van der Waals surface area contributed by atoms with Crippen molar-refractivity contribution in [3.05, 3.63) is 34.9 Å². The third kappa shape index (κ3) is 3.02. The Hall–Kier alpha value is -0.220. The molecule has 0 amide bonds. The van der Waals surface area contributed by atoms with Gasteiger partial charge in [0.15, 0.2) is 0 Å². The van der Waals surface area contributed by atoms with Crippen LogP contribution in [0.2, 0.25) is 5.02 Å². The second-order valence-corrected chi connectivity index (χ2v) is 6.62. The highest BCUT2D eigenvalue weighted by Crippen LogP contribution is 2.32. The van der Waals surface area contributed by atoms with Crippen molar-refractivity contribution in [2.24, 2.45) is 5.73 Å². The zero-order valence-electron chi connectivity index (χ0n) is 10.9. The summed E-state index contributed by atoms with van der Waals surface area (Å²) in [5.41, 5.74) is 7.39. The summed E-state index contributed by atoms with van der Waals surface area (Å²) in [4.78, 5) is 2.40. The summed E-state index contributed by atoms with van der Waals surface area (Å²) < 4.78 is 0. The highest BCUT2D eigenvalue weighted by atomic mass is 35.5. The fourth-order valence-corrected chi connectivity index (χ4v) is 3.99. The molecule has 1 heterocycles. The Morgan fingerprint density at radius 2 is 2.00 bits per heavy atom. The molecule has 2 rings (SSSR count). The van der Waals surface area contributed by atoms with Gasteiger partial charge in [-0.15, -0.1) is 0 Å². The van der Waals surface area contributed by atoms with E-state index in [1.807, 2.05) is 30.0 Å². The van der Waals surface area contributed by atoms with Crippen LogP contribution in [0.3, 0.4) is 0 Å². The SMILES string of the molecule is CN(Cc1ccccc1Cl)C1(CN)CCSCC1. The van der Waals surface area contributed by atoms with Crippen LogP contribution in [0.15, 0.2) is 24.3 Å². The molecule has 0 atom stereocenters. The van der Waals surface area contributed by atoms with E-state index < -0.39 is 0 Å². The summed E-state index contributed by atoms with van der Waals surface area (Å²) in [5.74, 6) is 2.42. The standard InChI is InChI=1S/C14H21ClN2S/c1-17(10-12-4-2-3-5-13(12)15)14(11-16)6-8-18-9-7-14/h2-5H,6-11,16H2,1H3. The monoisotopic (exact) mass is 284 g/mol. The van der Waals surface area contributed by atoms with E-state index >= 15 is 0 Å². The number of rotatable bonds is 4. The van der Waals surface area contributed by atoms with E-state index in [1.54, 1.807) is 0 Å². The van der Waals surface area contributed by atoms with Crippen molar-refractivity contribution in [1.82, 2.24) is 4.90 Å². The maximum atomic E-state index is 6.23. The van der Waals surface area contributed by atoms with E-state index in [4.69, 9.17) is 17.3 Å². The van der Waals surface area contributed by atoms with Crippen LogP contribution in [0.25, 0.3) is 0 Å². The van der Waals surface area contributed by atoms with E-state index in [0.29, 0.717) is 0 Å². The van der Waals surface area contributed by atoms with Gasteiger partial charge in [0, 0.05) is 23.7 Å². The first-order valence-electron chi connectivity index (χ1n) is 6.40. The minimum Gasteiger partial charge on any atom is -0.329 e. The Kier molecular flexibility index (Phi) is 4.96. The molecular formula is C14H21ClN2S. The second kappa shape index (κ2) is 6.29. The molecule has 0 radical (unpaired) electrons. The minimum absolute atomic E-state index is 0.157. The number of nitrogens with two attached hydrogens (primary N) is 1. The van der Waals surface area contributed by atoms with Gasteiger partial charge < -0.3 is 5.73 Å². The maximum absolute atomic E-state index is 6.23. The smallest absolute Gasteiger partial charge is 0.0451 e. The average molecular weight is 285 g/mol. The number of benzene rings is 1. The van der Waals surface area contributed by atoms with E-state index in [9.17, 15) is 0 Å². The quantitative estimate of drug-likeness (QED) is 0.922. The van der Waals surface area contributed by atoms with Gasteiger partial charge in [-0.25, -0.2) is 0 Å². The highest BCUT2D eigenvalue weighted by Gasteiger charge is 2.34. The molecule has 0 aromatic heterocycles. The van der Waals surface area contributed by atoms with Gasteiger partial charge in [0.05, 0.1) is 0 Å². The Bertz CT molecular complexity index is 391. The summed E-state index contributed by atoms with van der Waals surface area (Å²) in [7, 11) is 2.17. The van der Waals surface area contributed by atoms with Gasteiger partial charge >= 0.3 is 0 Å². The highest BCUT2D eigenvalue weighted by molar-refractivity contribution is 7.99. The van der Waals surface area contributed by atoms with Crippen LogP contribution in [0.1, 0.15) is 18.4 Å². The molecule has 0 saturated carbocycles. The van der Waals surface area contributed by atoms with Crippen LogP contribution in [-0.4, -0.2) is 35.5 Å². The molecule has 100 valence electrons. The molecule has 0 aliphatic carbocycles. The van der Waals surface area contributed by atoms with Crippen LogP contribution in [-0.2, 0) is 6.54 Å². The Labute approximate surface area is 119 Å². The fourth-order valence-electron chi connectivity index (χ4n) is 2.54. The molecule has 1 aliphatic heterocycles. The van der Waals surface area contributed by atoms with Gasteiger partial charge in [0.1, 0.15) is 0 Å². The van der Waals surface area contributed by atoms with Crippen molar-refractivity contribution in [1.29, 1.82) is 0 Å². The average Bonchev–Trinajstić information content (AvgIpc) is 2.42. The summed E-state index contributed by atoms with van der Waals surface area (Å²) in [5, 5.41) is 0.849. The van der Waals surface area contributed by atoms with E-state index in [1.165, 1.54) is 29.9 Å². The Morgan fingerprint density at radius 1 is 1.33 bits per heavy atom. The molecule has 1 saturated heterocycles. The number of thioether (sulfide) groups is 1. The summed E-state index contributed by atoms with van der Waals surface area (Å²) in [6.45, 7) is 1.61. The lowest BCUT2D eigenvalue weighted by Gasteiger charge is -2.44. The first kappa shape index (κ1) is 14.2. The van der Waals surface area contributed by atoms with Crippen LogP contribution >= 0.6 is 23.4 Å². The number of halogens is 1. The molecule has 0 bridgehead atoms. The van der Waals surface area contributed by atoms with Crippen LogP contribution in [0.4, 0.5) is 0 Å². The molecule has 1 fully saturated rings. The molecule has 2 N–H and O–H groups in total. The summed E-state index contributed by atoms with van der Waals surface area (Å²) in [6.07, 6.45) is 2.35. The number of nitrogens with zero attached hydrogens (tertiary/aromatic N) is 1. The zero-order chi connectivity index (χ0) is 13.0. The van der Waals surface area contributed by atoms with Crippen molar-refractivity contribution < 1.29 is 0 Å². The van der Waals surface area contributed by atoms with Crippen LogP contribution in [0.5, 0.6) is 0 Å². The van der Waals surface area contributed by atoms with E-state index in [-0.39, 0.29) is 5.54 Å². The van der Waals surface area contributed by atoms with E-state index in [0.717, 1.165) is 18.1 Å². The van der Waals surface area contributed by atoms with Crippen molar-refractivity contribution in [2.45, 2.75) is 24.9 Å². The molecular weight excluding hydrogens is 264 g/mol. The molecule has 1 aromatic rings. The van der Waals surface area contributed by atoms with Crippen molar-refractivity contribution in [3.8, 4) is 0 Å². The molecule has 0 unspecified atom stereocenters. The van der Waals surface area contributed by atoms with Gasteiger partial charge in [0.2, 0.25) is 0 Å². The molecule has 1 aromatic carbocycles. The summed E-state index contributed by atoms with van der Waals surface area (Å²) in [6, 6.07) is 8.07. The number of hydrogen-bond donors (Lipinski definition) is 1. The van der Waals surface area contributed by atoms with Gasteiger partial charge in [-0.2, -0.15) is 11.8 Å². The van der Waals surface area contributed by atoms with Gasteiger partial charge in [0.25, 0.3) is 0 Å². The third-order valence-electron chi connectivity index (χ3n) is 3.98. The molecule has 18 heavy (non-hydrogen) atoms. The van der Waals surface area contributed by atoms with Crippen molar-refractivity contribution in [2.75, 3.05) is 25.1 Å². The first-order chi connectivity index (χ1) is 8.68. The molecule has 4 heteroatoms. The molecule has 1 aliphatic rings. The second-order valence-electron chi connectivity index (χ2n) is 4.99. The Balaban J connectivity index is 2.10. The van der Waals surface area contributed by atoms with Crippen molar-refractivity contribution in [3.63, 3.8) is 0 Å². The lowest BCUT2D eigenvalue weighted by molar-refractivity contribution is 0.107. The van der Waals surface area contributed by atoms with Crippen LogP contribution in [0, 0.1) is 0 Å². The summed E-state index contributed by atoms with van der Waals surface area (Å²) >= 11 is 8.26.